The highest BCUT2D eigenvalue weighted by atomic mass is 32.2. The van der Waals surface area contributed by atoms with Crippen LogP contribution in [0.15, 0.2) is 29.4 Å². The molecule has 0 unspecified atom stereocenters. The van der Waals surface area contributed by atoms with Gasteiger partial charge in [0.25, 0.3) is 0 Å². The second-order valence-electron chi connectivity index (χ2n) is 5.44. The molecule has 1 heterocycles. The third-order valence-corrected chi connectivity index (χ3v) is 4.54. The van der Waals surface area contributed by atoms with Crippen molar-refractivity contribution in [3.8, 4) is 0 Å². The predicted octanol–water partition coefficient (Wildman–Crippen LogP) is 2.27. The van der Waals surface area contributed by atoms with Crippen LogP contribution in [0.3, 0.4) is 0 Å². The number of benzene rings is 1. The molecule has 0 bridgehead atoms. The van der Waals surface area contributed by atoms with Crippen LogP contribution in [0, 0.1) is 5.82 Å². The lowest BCUT2D eigenvalue weighted by molar-refractivity contribution is -0.117. The maximum absolute atomic E-state index is 13.4. The molecule has 1 aromatic carbocycles. The van der Waals surface area contributed by atoms with Gasteiger partial charge in [0.15, 0.2) is 5.16 Å². The number of carbonyl (C=O) groups is 2. The zero-order valence-electron chi connectivity index (χ0n) is 13.0. The van der Waals surface area contributed by atoms with Crippen molar-refractivity contribution in [3.05, 3.63) is 35.9 Å². The highest BCUT2D eigenvalue weighted by molar-refractivity contribution is 7.99. The van der Waals surface area contributed by atoms with Gasteiger partial charge in [0, 0.05) is 13.0 Å². The second-order valence-corrected chi connectivity index (χ2v) is 6.39. The first-order chi connectivity index (χ1) is 11.5. The van der Waals surface area contributed by atoms with Crippen LogP contribution in [0.5, 0.6) is 0 Å². The van der Waals surface area contributed by atoms with E-state index in [-0.39, 0.29) is 11.4 Å². The van der Waals surface area contributed by atoms with Gasteiger partial charge in [-0.05, 0) is 25.0 Å². The molecule has 0 saturated heterocycles. The number of carbonyl (C=O) groups excluding carboxylic acids is 2. The summed E-state index contributed by atoms with van der Waals surface area (Å²) in [4.78, 5) is 23.5. The summed E-state index contributed by atoms with van der Waals surface area (Å²) in [6.07, 6.45) is 2.24. The van der Waals surface area contributed by atoms with Gasteiger partial charge in [-0.25, -0.2) is 9.18 Å². The Balaban J connectivity index is 1.49. The molecule has 1 aliphatic rings. The summed E-state index contributed by atoms with van der Waals surface area (Å²) < 4.78 is 15.3. The molecule has 0 atom stereocenters. The Morgan fingerprint density at radius 1 is 1.33 bits per heavy atom. The molecule has 0 spiro atoms. The Bertz CT molecular complexity index is 775. The Morgan fingerprint density at radius 2 is 2.08 bits per heavy atom. The maximum atomic E-state index is 13.4. The number of amides is 3. The first-order valence-corrected chi connectivity index (χ1v) is 8.40. The molecule has 1 saturated carbocycles. The van der Waals surface area contributed by atoms with Crippen LogP contribution in [0.2, 0.25) is 0 Å². The van der Waals surface area contributed by atoms with E-state index in [1.54, 1.807) is 6.07 Å². The smallest absolute Gasteiger partial charge is 0.309 e. The van der Waals surface area contributed by atoms with E-state index in [2.05, 4.69) is 20.8 Å². The van der Waals surface area contributed by atoms with Crippen molar-refractivity contribution in [1.29, 1.82) is 0 Å². The summed E-state index contributed by atoms with van der Waals surface area (Å²) in [7, 11) is 1.86. The molecule has 0 radical (unpaired) electrons. The minimum absolute atomic E-state index is 0.0119. The summed E-state index contributed by atoms with van der Waals surface area (Å²) in [5.41, 5.74) is 0.0119. The van der Waals surface area contributed by atoms with E-state index in [0.717, 1.165) is 18.7 Å². The molecule has 126 valence electrons. The minimum Gasteiger partial charge on any atom is -0.309 e. The summed E-state index contributed by atoms with van der Waals surface area (Å²) in [5, 5.41) is 13.2. The molecule has 24 heavy (non-hydrogen) atoms. The van der Waals surface area contributed by atoms with Crippen molar-refractivity contribution in [1.82, 2.24) is 20.1 Å². The fourth-order valence-corrected chi connectivity index (χ4v) is 2.88. The lowest BCUT2D eigenvalue weighted by Crippen LogP contribution is -2.35. The molecule has 1 aromatic heterocycles. The lowest BCUT2D eigenvalue weighted by atomic mass is 10.3. The first-order valence-electron chi connectivity index (χ1n) is 7.42. The summed E-state index contributed by atoms with van der Waals surface area (Å²) in [6, 6.07) is 4.95. The van der Waals surface area contributed by atoms with Crippen LogP contribution in [-0.4, -0.2) is 32.5 Å². The molecular weight excluding hydrogens is 333 g/mol. The van der Waals surface area contributed by atoms with Crippen molar-refractivity contribution in [2.75, 3.05) is 11.1 Å². The van der Waals surface area contributed by atoms with E-state index in [1.165, 1.54) is 30.0 Å². The second kappa shape index (κ2) is 7.00. The molecule has 3 amide bonds. The predicted molar refractivity (Wildman–Crippen MR) is 87.3 cm³/mol. The number of para-hydroxylation sites is 1. The molecule has 1 fully saturated rings. The molecule has 1 aliphatic carbocycles. The van der Waals surface area contributed by atoms with Gasteiger partial charge in [-0.3, -0.25) is 10.1 Å². The van der Waals surface area contributed by atoms with Crippen LogP contribution in [0.4, 0.5) is 14.9 Å². The van der Waals surface area contributed by atoms with Crippen molar-refractivity contribution < 1.29 is 14.0 Å². The Morgan fingerprint density at radius 3 is 2.79 bits per heavy atom. The molecular formula is C15H16FN5O2S. The lowest BCUT2D eigenvalue weighted by Gasteiger charge is -2.07. The Kier molecular flexibility index (Phi) is 4.79. The summed E-state index contributed by atoms with van der Waals surface area (Å²) in [6.45, 7) is 0. The molecule has 3 rings (SSSR count). The van der Waals surface area contributed by atoms with E-state index in [9.17, 15) is 14.0 Å². The number of urea groups is 1. The van der Waals surface area contributed by atoms with Gasteiger partial charge in [0.2, 0.25) is 5.91 Å². The zero-order valence-corrected chi connectivity index (χ0v) is 13.8. The van der Waals surface area contributed by atoms with Gasteiger partial charge in [0.1, 0.15) is 11.6 Å². The van der Waals surface area contributed by atoms with Gasteiger partial charge < -0.3 is 9.88 Å². The first kappa shape index (κ1) is 16.4. The van der Waals surface area contributed by atoms with Crippen molar-refractivity contribution >= 4 is 29.4 Å². The average molecular weight is 349 g/mol. The Hall–Kier alpha value is -2.42. The number of anilines is 1. The third-order valence-electron chi connectivity index (χ3n) is 3.52. The van der Waals surface area contributed by atoms with Crippen molar-refractivity contribution in [3.63, 3.8) is 0 Å². The standard InChI is InChI=1S/C15H16FN5O2S/c1-21-13(9-6-7-9)19-20-15(21)24-8-12(22)18-14(23)17-11-5-3-2-4-10(11)16/h2-5,9H,6-8H2,1H3,(H2,17,18,22,23). The van der Waals surface area contributed by atoms with Gasteiger partial charge >= 0.3 is 6.03 Å². The van der Waals surface area contributed by atoms with Crippen LogP contribution in [-0.2, 0) is 11.8 Å². The van der Waals surface area contributed by atoms with E-state index in [0.29, 0.717) is 11.1 Å². The summed E-state index contributed by atoms with van der Waals surface area (Å²) >= 11 is 1.20. The topological polar surface area (TPSA) is 88.9 Å². The third kappa shape index (κ3) is 3.91. The molecule has 2 N–H and O–H groups in total. The van der Waals surface area contributed by atoms with Crippen LogP contribution < -0.4 is 10.6 Å². The highest BCUT2D eigenvalue weighted by Gasteiger charge is 2.29. The summed E-state index contributed by atoms with van der Waals surface area (Å²) in [5.74, 6) is 0.347. The highest BCUT2D eigenvalue weighted by Crippen LogP contribution is 2.39. The number of imide groups is 1. The van der Waals surface area contributed by atoms with Crippen molar-refractivity contribution in [2.24, 2.45) is 7.05 Å². The van der Waals surface area contributed by atoms with Crippen LogP contribution in [0.1, 0.15) is 24.6 Å². The SMILES string of the molecule is Cn1c(SCC(=O)NC(=O)Nc2ccccc2F)nnc1C1CC1. The number of thioether (sulfide) groups is 1. The fraction of sp³-hybridized carbons (Fsp3) is 0.333. The number of hydrogen-bond acceptors (Lipinski definition) is 5. The fourth-order valence-electron chi connectivity index (χ4n) is 2.16. The normalized spacial score (nSPS) is 13.6. The quantitative estimate of drug-likeness (QED) is 0.809. The van der Waals surface area contributed by atoms with Crippen molar-refractivity contribution in [2.45, 2.75) is 23.9 Å². The number of rotatable bonds is 5. The van der Waals surface area contributed by atoms with Gasteiger partial charge in [0.05, 0.1) is 11.4 Å². The van der Waals surface area contributed by atoms with Crippen LogP contribution >= 0.6 is 11.8 Å². The average Bonchev–Trinajstić information content (AvgIpc) is 3.31. The molecule has 9 heteroatoms. The molecule has 0 aliphatic heterocycles. The number of hydrogen-bond donors (Lipinski definition) is 2. The van der Waals surface area contributed by atoms with Gasteiger partial charge in [-0.2, -0.15) is 0 Å². The minimum atomic E-state index is -0.776. The van der Waals surface area contributed by atoms with Crippen LogP contribution in [0.25, 0.3) is 0 Å². The number of nitrogens with one attached hydrogen (secondary N) is 2. The zero-order chi connectivity index (χ0) is 17.1. The molecule has 7 nitrogen and oxygen atoms in total. The van der Waals surface area contributed by atoms with Gasteiger partial charge in [-0.1, -0.05) is 23.9 Å². The van der Waals surface area contributed by atoms with Gasteiger partial charge in [-0.15, -0.1) is 10.2 Å². The monoisotopic (exact) mass is 349 g/mol. The van der Waals surface area contributed by atoms with E-state index < -0.39 is 17.8 Å². The Labute approximate surface area is 142 Å². The van der Waals surface area contributed by atoms with E-state index in [4.69, 9.17) is 0 Å². The van der Waals surface area contributed by atoms with E-state index >= 15 is 0 Å². The largest absolute Gasteiger partial charge is 0.325 e. The number of nitrogens with zero attached hydrogens (tertiary/aromatic N) is 3. The maximum Gasteiger partial charge on any atom is 0.325 e. The molecule has 2 aromatic rings. The number of halogens is 1. The van der Waals surface area contributed by atoms with E-state index in [1.807, 2.05) is 11.6 Å². The number of aromatic nitrogens is 3.